The highest BCUT2D eigenvalue weighted by atomic mass is 16.5. The van der Waals surface area contributed by atoms with E-state index in [9.17, 15) is 14.4 Å². The van der Waals surface area contributed by atoms with Gasteiger partial charge in [0.1, 0.15) is 5.54 Å². The highest BCUT2D eigenvalue weighted by molar-refractivity contribution is 6.23. The van der Waals surface area contributed by atoms with E-state index < -0.39 is 11.6 Å². The zero-order valence-electron chi connectivity index (χ0n) is 14.0. The van der Waals surface area contributed by atoms with Gasteiger partial charge in [-0.3, -0.25) is 4.79 Å². The van der Waals surface area contributed by atoms with Crippen LogP contribution in [0.3, 0.4) is 0 Å². The van der Waals surface area contributed by atoms with Crippen LogP contribution in [-0.2, 0) is 9.53 Å². The van der Waals surface area contributed by atoms with E-state index in [0.29, 0.717) is 30.9 Å². The number of nitrogens with one attached hydrogen (secondary N) is 3. The number of carbonyl (C=O) groups excluding carboxylic acids is 3. The van der Waals surface area contributed by atoms with Crippen molar-refractivity contribution in [3.63, 3.8) is 0 Å². The molecular weight excluding hydrogens is 312 g/mol. The van der Waals surface area contributed by atoms with Crippen molar-refractivity contribution < 1.29 is 19.1 Å². The molecule has 1 fully saturated rings. The van der Waals surface area contributed by atoms with Crippen LogP contribution in [0.2, 0.25) is 0 Å². The fourth-order valence-corrected chi connectivity index (χ4v) is 2.30. The zero-order chi connectivity index (χ0) is 17.7. The normalized spacial score (nSPS) is 16.0. The highest BCUT2D eigenvalue weighted by Crippen LogP contribution is 2.26. The van der Waals surface area contributed by atoms with Crippen LogP contribution in [0.25, 0.3) is 0 Å². The molecule has 0 radical (unpaired) electrons. The van der Waals surface area contributed by atoms with Crippen molar-refractivity contribution in [2.24, 2.45) is 0 Å². The summed E-state index contributed by atoms with van der Waals surface area (Å²) >= 11 is 0. The Balaban J connectivity index is 2.03. The fourth-order valence-electron chi connectivity index (χ4n) is 2.30. The predicted octanol–water partition coefficient (Wildman–Crippen LogP) is 1.68. The molecule has 1 aliphatic heterocycles. The number of imide groups is 1. The third-order valence-electron chi connectivity index (χ3n) is 3.53. The first-order chi connectivity index (χ1) is 11.3. The molecule has 2 rings (SSSR count). The maximum Gasteiger partial charge on any atom is 0.329 e. The first-order valence-corrected chi connectivity index (χ1v) is 7.66. The van der Waals surface area contributed by atoms with Gasteiger partial charge >= 0.3 is 12.1 Å². The summed E-state index contributed by atoms with van der Waals surface area (Å²) in [5.41, 5.74) is -0.0542. The largest absolute Gasteiger partial charge is 0.385 e. The lowest BCUT2D eigenvalue weighted by molar-refractivity contribution is -0.121. The molecule has 0 atom stereocenters. The molecule has 0 aliphatic carbocycles. The summed E-state index contributed by atoms with van der Waals surface area (Å²) in [6.07, 6.45) is 0.710. The summed E-state index contributed by atoms with van der Waals surface area (Å²) in [7, 11) is 1.60. The summed E-state index contributed by atoms with van der Waals surface area (Å²) in [5.74, 6) is -0.339. The molecule has 0 spiro atoms. The van der Waals surface area contributed by atoms with Crippen molar-refractivity contribution in [1.82, 2.24) is 10.6 Å². The highest BCUT2D eigenvalue weighted by Gasteiger charge is 2.45. The minimum Gasteiger partial charge on any atom is -0.385 e. The molecule has 8 heteroatoms. The molecule has 0 saturated carbocycles. The lowest BCUT2D eigenvalue weighted by Gasteiger charge is -2.17. The van der Waals surface area contributed by atoms with Crippen molar-refractivity contribution in [3.05, 3.63) is 24.3 Å². The van der Waals surface area contributed by atoms with Crippen molar-refractivity contribution >= 4 is 29.3 Å². The summed E-state index contributed by atoms with van der Waals surface area (Å²) in [4.78, 5) is 37.2. The van der Waals surface area contributed by atoms with Crippen LogP contribution in [0, 0.1) is 0 Å². The molecule has 1 aliphatic rings. The molecule has 1 saturated heterocycles. The number of amides is 5. The fraction of sp³-hybridized carbons (Fsp3) is 0.438. The number of carbonyl (C=O) groups is 3. The Labute approximate surface area is 140 Å². The zero-order valence-corrected chi connectivity index (χ0v) is 14.0. The number of methoxy groups -OCH3 is 1. The Morgan fingerprint density at radius 3 is 2.71 bits per heavy atom. The molecule has 5 amide bonds. The number of anilines is 2. The first-order valence-electron chi connectivity index (χ1n) is 7.66. The van der Waals surface area contributed by atoms with Gasteiger partial charge in [0, 0.05) is 25.9 Å². The maximum atomic E-state index is 12.3. The Kier molecular flexibility index (Phi) is 5.40. The third kappa shape index (κ3) is 4.02. The molecule has 1 heterocycles. The molecule has 0 bridgehead atoms. The van der Waals surface area contributed by atoms with Crippen LogP contribution in [0.15, 0.2) is 24.3 Å². The SMILES string of the molecule is COCCCNC(=O)Nc1cccc(N2C(=O)NC(C)(C)C2=O)c1. The number of rotatable bonds is 6. The molecule has 8 nitrogen and oxygen atoms in total. The van der Waals surface area contributed by atoms with E-state index in [1.807, 2.05) is 0 Å². The van der Waals surface area contributed by atoms with E-state index in [1.54, 1.807) is 45.2 Å². The van der Waals surface area contributed by atoms with Gasteiger partial charge in [0.05, 0.1) is 5.69 Å². The lowest BCUT2D eigenvalue weighted by atomic mass is 10.1. The van der Waals surface area contributed by atoms with Gasteiger partial charge in [0.15, 0.2) is 0 Å². The summed E-state index contributed by atoms with van der Waals surface area (Å²) in [6, 6.07) is 5.73. The lowest BCUT2D eigenvalue weighted by Crippen LogP contribution is -2.40. The van der Waals surface area contributed by atoms with Gasteiger partial charge in [-0.25, -0.2) is 14.5 Å². The number of benzene rings is 1. The standard InChI is InChI=1S/C16H22N4O4/c1-16(2)13(21)20(15(23)19-16)12-7-4-6-11(10-12)18-14(22)17-8-5-9-24-3/h4,6-7,10H,5,8-9H2,1-3H3,(H,19,23)(H2,17,18,22). The van der Waals surface area contributed by atoms with Gasteiger partial charge in [0.25, 0.3) is 5.91 Å². The maximum absolute atomic E-state index is 12.3. The first kappa shape index (κ1) is 17.7. The molecule has 0 unspecified atom stereocenters. The average Bonchev–Trinajstić information content (AvgIpc) is 2.72. The minimum absolute atomic E-state index is 0.339. The number of ether oxygens (including phenoxy) is 1. The van der Waals surface area contributed by atoms with Gasteiger partial charge in [-0.1, -0.05) is 6.07 Å². The smallest absolute Gasteiger partial charge is 0.329 e. The quantitative estimate of drug-likeness (QED) is 0.544. The molecule has 24 heavy (non-hydrogen) atoms. The number of hydrogen-bond donors (Lipinski definition) is 3. The van der Waals surface area contributed by atoms with E-state index in [-0.39, 0.29) is 11.9 Å². The number of nitrogens with zero attached hydrogens (tertiary/aromatic N) is 1. The van der Waals surface area contributed by atoms with E-state index >= 15 is 0 Å². The average molecular weight is 334 g/mol. The van der Waals surface area contributed by atoms with Crippen molar-refractivity contribution in [1.29, 1.82) is 0 Å². The van der Waals surface area contributed by atoms with Crippen molar-refractivity contribution in [2.75, 3.05) is 30.5 Å². The second-order valence-corrected chi connectivity index (χ2v) is 5.97. The Morgan fingerprint density at radius 2 is 2.08 bits per heavy atom. The van der Waals surface area contributed by atoms with E-state index in [2.05, 4.69) is 16.0 Å². The topological polar surface area (TPSA) is 99.8 Å². The summed E-state index contributed by atoms with van der Waals surface area (Å²) in [6.45, 7) is 4.34. The van der Waals surface area contributed by atoms with Crippen LogP contribution in [0.1, 0.15) is 20.3 Å². The van der Waals surface area contributed by atoms with Crippen LogP contribution < -0.4 is 20.9 Å². The molecule has 0 aromatic heterocycles. The number of hydrogen-bond acceptors (Lipinski definition) is 4. The Bertz CT molecular complexity index is 645. The van der Waals surface area contributed by atoms with Crippen molar-refractivity contribution in [2.45, 2.75) is 25.8 Å². The van der Waals surface area contributed by atoms with Crippen LogP contribution in [-0.4, -0.2) is 43.8 Å². The predicted molar refractivity (Wildman–Crippen MR) is 90.1 cm³/mol. The molecule has 3 N–H and O–H groups in total. The Hall–Kier alpha value is -2.61. The van der Waals surface area contributed by atoms with E-state index in [1.165, 1.54) is 0 Å². The molecular formula is C16H22N4O4. The van der Waals surface area contributed by atoms with Crippen LogP contribution >= 0.6 is 0 Å². The third-order valence-corrected chi connectivity index (χ3v) is 3.53. The monoisotopic (exact) mass is 334 g/mol. The van der Waals surface area contributed by atoms with Crippen LogP contribution in [0.4, 0.5) is 21.0 Å². The van der Waals surface area contributed by atoms with Gasteiger partial charge in [0.2, 0.25) is 0 Å². The van der Waals surface area contributed by atoms with Crippen LogP contribution in [0.5, 0.6) is 0 Å². The number of urea groups is 2. The second kappa shape index (κ2) is 7.31. The molecule has 1 aromatic rings. The van der Waals surface area contributed by atoms with E-state index in [0.717, 1.165) is 4.90 Å². The summed E-state index contributed by atoms with van der Waals surface area (Å²) < 4.78 is 4.90. The van der Waals surface area contributed by atoms with Gasteiger partial charge < -0.3 is 20.7 Å². The summed E-state index contributed by atoms with van der Waals surface area (Å²) in [5, 5.41) is 7.99. The van der Waals surface area contributed by atoms with Gasteiger partial charge in [-0.05, 0) is 38.5 Å². The second-order valence-electron chi connectivity index (χ2n) is 5.97. The van der Waals surface area contributed by atoms with Gasteiger partial charge in [-0.2, -0.15) is 0 Å². The van der Waals surface area contributed by atoms with Gasteiger partial charge in [-0.15, -0.1) is 0 Å². The Morgan fingerprint density at radius 1 is 1.33 bits per heavy atom. The minimum atomic E-state index is -0.945. The molecule has 130 valence electrons. The van der Waals surface area contributed by atoms with Crippen molar-refractivity contribution in [3.8, 4) is 0 Å². The molecule has 1 aromatic carbocycles. The van der Waals surface area contributed by atoms with E-state index in [4.69, 9.17) is 4.74 Å².